The fourth-order valence-corrected chi connectivity index (χ4v) is 3.23. The normalized spacial score (nSPS) is 18.0. The molecular formula is C14H25N5O2S. The molecule has 8 heteroatoms. The number of carbonyl (C=O) groups excluding carboxylic acids is 1. The van der Waals surface area contributed by atoms with E-state index in [0.29, 0.717) is 12.3 Å². The highest BCUT2D eigenvalue weighted by atomic mass is 32.2. The van der Waals surface area contributed by atoms with Crippen molar-refractivity contribution in [3.8, 4) is 0 Å². The van der Waals surface area contributed by atoms with Crippen LogP contribution in [0.3, 0.4) is 0 Å². The third-order valence-electron chi connectivity index (χ3n) is 3.45. The smallest absolute Gasteiger partial charge is 0.230 e. The average molecular weight is 327 g/mol. The summed E-state index contributed by atoms with van der Waals surface area (Å²) < 4.78 is 7.53. The lowest BCUT2D eigenvalue weighted by atomic mass is 10.2. The summed E-state index contributed by atoms with van der Waals surface area (Å²) >= 11 is 1.41. The van der Waals surface area contributed by atoms with Crippen LogP contribution in [0.4, 0.5) is 5.95 Å². The molecule has 1 aromatic heterocycles. The van der Waals surface area contributed by atoms with E-state index < -0.39 is 0 Å². The molecule has 0 saturated carbocycles. The molecule has 1 saturated heterocycles. The third-order valence-corrected chi connectivity index (χ3v) is 4.39. The van der Waals surface area contributed by atoms with Gasteiger partial charge in [-0.05, 0) is 26.7 Å². The van der Waals surface area contributed by atoms with Gasteiger partial charge in [0.25, 0.3) is 0 Å². The molecule has 1 amide bonds. The molecule has 2 heterocycles. The molecule has 0 aliphatic carbocycles. The van der Waals surface area contributed by atoms with Crippen LogP contribution in [0.25, 0.3) is 0 Å². The molecule has 22 heavy (non-hydrogen) atoms. The van der Waals surface area contributed by atoms with Gasteiger partial charge in [-0.1, -0.05) is 11.8 Å². The molecule has 0 bridgehead atoms. The number of ether oxygens (including phenoxy) is 1. The second-order valence-electron chi connectivity index (χ2n) is 5.87. The van der Waals surface area contributed by atoms with E-state index in [2.05, 4.69) is 29.4 Å². The maximum absolute atomic E-state index is 11.9. The molecule has 1 unspecified atom stereocenters. The third kappa shape index (κ3) is 4.36. The van der Waals surface area contributed by atoms with E-state index in [1.165, 1.54) is 11.8 Å². The minimum atomic E-state index is 0.00482. The Bertz CT molecular complexity index is 497. The topological polar surface area (TPSA) is 72.3 Å². The van der Waals surface area contributed by atoms with E-state index in [0.717, 1.165) is 30.6 Å². The van der Waals surface area contributed by atoms with Crippen LogP contribution in [0.1, 0.15) is 32.7 Å². The van der Waals surface area contributed by atoms with Crippen LogP contribution >= 0.6 is 11.8 Å². The molecule has 1 aliphatic rings. The van der Waals surface area contributed by atoms with Gasteiger partial charge in [-0.15, -0.1) is 10.2 Å². The lowest BCUT2D eigenvalue weighted by Gasteiger charge is -2.17. The van der Waals surface area contributed by atoms with Crippen molar-refractivity contribution in [1.29, 1.82) is 0 Å². The molecule has 1 N–H and O–H groups in total. The maximum Gasteiger partial charge on any atom is 0.230 e. The van der Waals surface area contributed by atoms with Gasteiger partial charge in [0.05, 0.1) is 11.9 Å². The predicted octanol–water partition coefficient (Wildman–Crippen LogP) is 1.31. The summed E-state index contributed by atoms with van der Waals surface area (Å²) in [5.41, 5.74) is 0. The number of amides is 1. The van der Waals surface area contributed by atoms with Gasteiger partial charge in [-0.25, -0.2) is 0 Å². The Kier molecular flexibility index (Phi) is 6.07. The minimum absolute atomic E-state index is 0.00482. The largest absolute Gasteiger partial charge is 0.376 e. The SMILES string of the molecule is CC(C)n1c(SCC(=O)NCC2CCCO2)nnc1N(C)C. The van der Waals surface area contributed by atoms with Gasteiger partial charge in [-0.2, -0.15) is 0 Å². The van der Waals surface area contributed by atoms with Crippen LogP contribution in [-0.2, 0) is 9.53 Å². The summed E-state index contributed by atoms with van der Waals surface area (Å²) in [5, 5.41) is 12.1. The molecular weight excluding hydrogens is 302 g/mol. The number of nitrogens with zero attached hydrogens (tertiary/aromatic N) is 4. The first-order valence-electron chi connectivity index (χ1n) is 7.62. The molecule has 0 aromatic carbocycles. The highest BCUT2D eigenvalue weighted by Crippen LogP contribution is 2.25. The Hall–Kier alpha value is -1.28. The van der Waals surface area contributed by atoms with Gasteiger partial charge in [-0.3, -0.25) is 9.36 Å². The summed E-state index contributed by atoms with van der Waals surface area (Å²) in [6.45, 7) is 5.56. The number of carbonyl (C=O) groups is 1. The first-order valence-corrected chi connectivity index (χ1v) is 8.61. The molecule has 0 spiro atoms. The number of aromatic nitrogens is 3. The van der Waals surface area contributed by atoms with Crippen molar-refractivity contribution in [2.75, 3.05) is 37.9 Å². The van der Waals surface area contributed by atoms with E-state index in [1.807, 2.05) is 23.6 Å². The fourth-order valence-electron chi connectivity index (χ4n) is 2.34. The van der Waals surface area contributed by atoms with E-state index in [1.54, 1.807) is 0 Å². The molecule has 1 atom stereocenters. The Balaban J connectivity index is 1.86. The summed E-state index contributed by atoms with van der Waals surface area (Å²) in [5.74, 6) is 1.15. The second-order valence-corrected chi connectivity index (χ2v) is 6.81. The first kappa shape index (κ1) is 17.1. The Labute approximate surface area is 135 Å². The van der Waals surface area contributed by atoms with Crippen molar-refractivity contribution in [2.24, 2.45) is 0 Å². The van der Waals surface area contributed by atoms with Gasteiger partial charge >= 0.3 is 0 Å². The van der Waals surface area contributed by atoms with Gasteiger partial charge in [0.15, 0.2) is 5.16 Å². The number of hydrogen-bond acceptors (Lipinski definition) is 6. The summed E-state index contributed by atoms with van der Waals surface area (Å²) in [7, 11) is 3.87. The number of hydrogen-bond donors (Lipinski definition) is 1. The van der Waals surface area contributed by atoms with E-state index in [4.69, 9.17) is 4.74 Å². The molecule has 1 aromatic rings. The Morgan fingerprint density at radius 2 is 2.27 bits per heavy atom. The molecule has 0 radical (unpaired) electrons. The zero-order valence-corrected chi connectivity index (χ0v) is 14.5. The quantitative estimate of drug-likeness (QED) is 0.761. The minimum Gasteiger partial charge on any atom is -0.376 e. The van der Waals surface area contributed by atoms with Crippen LogP contribution in [0.5, 0.6) is 0 Å². The number of rotatable bonds is 7. The Morgan fingerprint density at radius 1 is 1.50 bits per heavy atom. The zero-order valence-electron chi connectivity index (χ0n) is 13.7. The highest BCUT2D eigenvalue weighted by molar-refractivity contribution is 7.99. The standard InChI is InChI=1S/C14H25N5O2S/c1-10(2)19-13(18(3)4)16-17-14(19)22-9-12(20)15-8-11-6-5-7-21-11/h10-11H,5-9H2,1-4H3,(H,15,20). The van der Waals surface area contributed by atoms with Crippen LogP contribution in [0, 0.1) is 0 Å². The maximum atomic E-state index is 11.9. The Morgan fingerprint density at radius 3 is 2.86 bits per heavy atom. The summed E-state index contributed by atoms with van der Waals surface area (Å²) in [6, 6.07) is 0.241. The van der Waals surface area contributed by atoms with Crippen LogP contribution in [0.2, 0.25) is 0 Å². The van der Waals surface area contributed by atoms with Crippen molar-refractivity contribution < 1.29 is 9.53 Å². The molecule has 7 nitrogen and oxygen atoms in total. The van der Waals surface area contributed by atoms with Crippen molar-refractivity contribution in [2.45, 2.75) is 44.0 Å². The lowest BCUT2D eigenvalue weighted by Crippen LogP contribution is -2.33. The fraction of sp³-hybridized carbons (Fsp3) is 0.786. The molecule has 1 aliphatic heterocycles. The van der Waals surface area contributed by atoms with Crippen molar-refractivity contribution in [1.82, 2.24) is 20.1 Å². The van der Waals surface area contributed by atoms with Crippen molar-refractivity contribution >= 4 is 23.6 Å². The molecule has 1 fully saturated rings. The highest BCUT2D eigenvalue weighted by Gasteiger charge is 2.19. The van der Waals surface area contributed by atoms with E-state index >= 15 is 0 Å². The first-order chi connectivity index (χ1) is 10.5. The van der Waals surface area contributed by atoms with Gasteiger partial charge in [0.1, 0.15) is 0 Å². The average Bonchev–Trinajstić information content (AvgIpc) is 3.11. The molecule has 2 rings (SSSR count). The number of thioether (sulfide) groups is 1. The predicted molar refractivity (Wildman–Crippen MR) is 87.4 cm³/mol. The van der Waals surface area contributed by atoms with Gasteiger partial charge in [0, 0.05) is 33.3 Å². The van der Waals surface area contributed by atoms with E-state index in [9.17, 15) is 4.79 Å². The van der Waals surface area contributed by atoms with Gasteiger partial charge < -0.3 is 15.0 Å². The number of nitrogens with one attached hydrogen (secondary N) is 1. The monoisotopic (exact) mass is 327 g/mol. The molecule has 124 valence electrons. The summed E-state index contributed by atoms with van der Waals surface area (Å²) in [6.07, 6.45) is 2.29. The summed E-state index contributed by atoms with van der Waals surface area (Å²) in [4.78, 5) is 13.9. The lowest BCUT2D eigenvalue weighted by molar-refractivity contribution is -0.119. The van der Waals surface area contributed by atoms with Crippen LogP contribution in [0.15, 0.2) is 5.16 Å². The second kappa shape index (κ2) is 7.82. The van der Waals surface area contributed by atoms with Crippen LogP contribution < -0.4 is 10.2 Å². The zero-order chi connectivity index (χ0) is 16.1. The van der Waals surface area contributed by atoms with E-state index in [-0.39, 0.29) is 18.1 Å². The van der Waals surface area contributed by atoms with Crippen molar-refractivity contribution in [3.05, 3.63) is 0 Å². The van der Waals surface area contributed by atoms with Crippen molar-refractivity contribution in [3.63, 3.8) is 0 Å². The van der Waals surface area contributed by atoms with Gasteiger partial charge in [0.2, 0.25) is 11.9 Å². The van der Waals surface area contributed by atoms with Crippen LogP contribution in [-0.4, -0.2) is 59.8 Å². The number of anilines is 1.